The zero-order chi connectivity index (χ0) is 88.2. The molecule has 22 aromatic rings. The Morgan fingerprint density at radius 2 is 0.415 bits per heavy atom. The van der Waals surface area contributed by atoms with Crippen LogP contribution in [0, 0.1) is 27.7 Å². The van der Waals surface area contributed by atoms with Crippen LogP contribution in [0.25, 0.3) is 154 Å². The highest BCUT2D eigenvalue weighted by atomic mass is 15.1. The molecule has 0 fully saturated rings. The van der Waals surface area contributed by atoms with Gasteiger partial charge in [0.1, 0.15) is 0 Å². The highest BCUT2D eigenvalue weighted by Crippen LogP contribution is 2.49. The lowest BCUT2D eigenvalue weighted by Gasteiger charge is -2.26. The number of anilines is 6. The van der Waals surface area contributed by atoms with E-state index in [1.165, 1.54) is 192 Å². The van der Waals surface area contributed by atoms with Crippen molar-refractivity contribution in [3.8, 4) is 55.6 Å². The Hall–Kier alpha value is -15.7. The van der Waals surface area contributed by atoms with Crippen molar-refractivity contribution >= 4 is 132 Å². The van der Waals surface area contributed by atoms with E-state index in [1.807, 2.05) is 0 Å². The second-order valence-corrected chi connectivity index (χ2v) is 35.8. The molecule has 0 radical (unpaired) electrons. The minimum absolute atomic E-state index is 0.0591. The maximum absolute atomic E-state index is 2.44. The minimum atomic E-state index is 0.0591. The highest BCUT2D eigenvalue weighted by Gasteiger charge is 2.24. The molecule has 0 aliphatic heterocycles. The lowest BCUT2D eigenvalue weighted by atomic mass is 9.81. The number of nitrogens with zero attached hydrogens (tertiary/aromatic N) is 2. The van der Waals surface area contributed by atoms with Gasteiger partial charge >= 0.3 is 0 Å². The normalized spacial score (nSPS) is 11.5. The second-order valence-electron chi connectivity index (χ2n) is 35.8. The molecule has 0 atom stereocenters. The standard InChI is InChI=1S/C56H50N2.C38H30.C34H22/c1-41-5-29-51(30-6-41)57(52-31-7-42(2)8-32-52)55-37-21-47(22-38-55)15-13-45-17-25-49(26-18-45)50-27-19-46(20-28-50)14-16-48-23-39-56(40-24-48)58(53-33-9-43(3)10-34-53)54-35-11-44(4)12-36-54;1-38(2,3)31-20-21-34-35(24-31)37(30-19-17-26-11-5-7-13-28(26)23-30)33-15-9-8-14-32(33)36(34)29-18-16-25-10-4-6-12-27(25)22-29;1-3-11-25-21-27(19-17-23(25)9-1)33-29-13-5-7-15-31(29)34(32-16-8-6-14-30(32)33)28-20-18-24-10-2-4-12-26(24)22-28/h5-13,15,17-40H,14,16H2,1-4H3;4-24H,1-3H3;1-22H/b15-13+;;. The van der Waals surface area contributed by atoms with E-state index >= 15 is 0 Å². The molecule has 0 bridgehead atoms. The monoisotopic (exact) mass is 1670 g/mol. The smallest absolute Gasteiger partial charge is 0.0462 e. The number of hydrogen-bond acceptors (Lipinski definition) is 2. The van der Waals surface area contributed by atoms with Crippen LogP contribution in [0.5, 0.6) is 0 Å². The number of fused-ring (bicyclic) bond motifs is 8. The van der Waals surface area contributed by atoms with Gasteiger partial charge in [-0.2, -0.15) is 0 Å². The summed E-state index contributed by atoms with van der Waals surface area (Å²) in [6.45, 7) is 15.4. The van der Waals surface area contributed by atoms with Crippen LogP contribution in [-0.2, 0) is 18.3 Å². The molecule has 0 aromatic heterocycles. The van der Waals surface area contributed by atoms with Gasteiger partial charge in [0, 0.05) is 34.1 Å². The van der Waals surface area contributed by atoms with Gasteiger partial charge in [0.2, 0.25) is 0 Å². The van der Waals surface area contributed by atoms with E-state index < -0.39 is 0 Å². The third kappa shape index (κ3) is 17.4. The summed E-state index contributed by atoms with van der Waals surface area (Å²) in [4.78, 5) is 4.64. The fourth-order valence-corrected chi connectivity index (χ4v) is 18.7. The van der Waals surface area contributed by atoms with E-state index in [-0.39, 0.29) is 5.41 Å². The largest absolute Gasteiger partial charge is 0.311 e. The summed E-state index contributed by atoms with van der Waals surface area (Å²) in [5.41, 5.74) is 31.1. The number of rotatable bonds is 16. The molecule has 0 aliphatic rings. The van der Waals surface area contributed by atoms with E-state index in [4.69, 9.17) is 0 Å². The van der Waals surface area contributed by atoms with Gasteiger partial charge in [0.25, 0.3) is 0 Å². The van der Waals surface area contributed by atoms with Gasteiger partial charge in [0.05, 0.1) is 0 Å². The molecule has 2 nitrogen and oxygen atoms in total. The van der Waals surface area contributed by atoms with Crippen molar-refractivity contribution in [1.29, 1.82) is 0 Å². The van der Waals surface area contributed by atoms with Gasteiger partial charge in [-0.05, 0) is 319 Å². The predicted octanol–water partition coefficient (Wildman–Crippen LogP) is 36.0. The van der Waals surface area contributed by atoms with Crippen LogP contribution in [-0.4, -0.2) is 0 Å². The van der Waals surface area contributed by atoms with E-state index in [1.54, 1.807) is 0 Å². The third-order valence-corrected chi connectivity index (χ3v) is 25.9. The van der Waals surface area contributed by atoms with Crippen LogP contribution < -0.4 is 9.80 Å². The maximum Gasteiger partial charge on any atom is 0.0462 e. The molecule has 0 saturated heterocycles. The summed E-state index contributed by atoms with van der Waals surface area (Å²) < 4.78 is 0. The number of benzene rings is 22. The molecular formula is C128H102N2. The quantitative estimate of drug-likeness (QED) is 0.0703. The van der Waals surface area contributed by atoms with Gasteiger partial charge < -0.3 is 9.80 Å². The fraction of sp³-hybridized carbons (Fsp3) is 0.0781. The van der Waals surface area contributed by atoms with E-state index in [0.717, 1.165) is 47.0 Å². The molecule has 0 spiro atoms. The number of hydrogen-bond donors (Lipinski definition) is 0. The Labute approximate surface area is 764 Å². The first-order valence-electron chi connectivity index (χ1n) is 45.5. The molecular weight excluding hydrogens is 1570 g/mol. The van der Waals surface area contributed by atoms with Crippen molar-refractivity contribution in [2.75, 3.05) is 9.80 Å². The fourth-order valence-electron chi connectivity index (χ4n) is 18.7. The van der Waals surface area contributed by atoms with E-state index in [0.29, 0.717) is 0 Å². The average molecular weight is 1670 g/mol. The van der Waals surface area contributed by atoms with Crippen LogP contribution in [0.3, 0.4) is 0 Å². The lowest BCUT2D eigenvalue weighted by molar-refractivity contribution is 0.591. The van der Waals surface area contributed by atoms with Gasteiger partial charge in [-0.15, -0.1) is 0 Å². The number of aryl methyl sites for hydroxylation is 6. The van der Waals surface area contributed by atoms with E-state index in [9.17, 15) is 0 Å². The Morgan fingerprint density at radius 1 is 0.192 bits per heavy atom. The van der Waals surface area contributed by atoms with Gasteiger partial charge in [-0.25, -0.2) is 0 Å². The molecule has 0 heterocycles. The lowest BCUT2D eigenvalue weighted by Crippen LogP contribution is -2.10. The molecule has 0 N–H and O–H groups in total. The summed E-state index contributed by atoms with van der Waals surface area (Å²) in [6, 6.07) is 166. The molecule has 624 valence electrons. The molecule has 22 aromatic carbocycles. The first-order chi connectivity index (χ1) is 63.7. The SMILES string of the molecule is CC(C)(C)c1ccc2c(-c3ccc4ccccc4c3)c3ccccc3c(-c3ccc4ccccc4c3)c2c1.Cc1ccc(N(c2ccc(C)cc2)c2ccc(/C=C/c3ccc(-c4ccc(CCc5ccc(N(c6ccc(C)cc6)c6ccc(C)cc6)cc5)cc4)cc3)cc2)cc1.c1ccc2cc(-c3c4ccccc4c(-c4ccc5ccccc5c4)c4ccccc34)ccc2c1. The van der Waals surface area contributed by atoms with Crippen molar-refractivity contribution in [3.05, 3.63) is 505 Å². The molecule has 0 aliphatic carbocycles. The van der Waals surface area contributed by atoms with Crippen molar-refractivity contribution in [1.82, 2.24) is 0 Å². The maximum atomic E-state index is 2.44. The van der Waals surface area contributed by atoms with Gasteiger partial charge in [-0.1, -0.05) is 407 Å². The van der Waals surface area contributed by atoms with Crippen LogP contribution in [0.4, 0.5) is 34.1 Å². The van der Waals surface area contributed by atoms with Crippen molar-refractivity contribution in [2.45, 2.75) is 66.7 Å². The van der Waals surface area contributed by atoms with Crippen LogP contribution in [0.15, 0.2) is 455 Å². The Morgan fingerprint density at radius 3 is 0.708 bits per heavy atom. The highest BCUT2D eigenvalue weighted by molar-refractivity contribution is 6.24. The van der Waals surface area contributed by atoms with Crippen molar-refractivity contribution < 1.29 is 0 Å². The second kappa shape index (κ2) is 36.3. The van der Waals surface area contributed by atoms with Crippen LogP contribution in [0.1, 0.15) is 70.8 Å². The summed E-state index contributed by atoms with van der Waals surface area (Å²) in [6.07, 6.45) is 6.37. The Kier molecular flexibility index (Phi) is 23.1. The van der Waals surface area contributed by atoms with Gasteiger partial charge in [-0.3, -0.25) is 0 Å². The zero-order valence-electron chi connectivity index (χ0n) is 74.8. The molecule has 2 heteroatoms. The molecule has 0 amide bonds. The summed E-state index contributed by atoms with van der Waals surface area (Å²) in [5.74, 6) is 0. The molecule has 22 rings (SSSR count). The van der Waals surface area contributed by atoms with Gasteiger partial charge in [0.15, 0.2) is 0 Å². The third-order valence-electron chi connectivity index (χ3n) is 25.9. The summed E-state index contributed by atoms with van der Waals surface area (Å²) in [5, 5.41) is 20.5. The Balaban J connectivity index is 0.000000128. The minimum Gasteiger partial charge on any atom is -0.311 e. The zero-order valence-corrected chi connectivity index (χ0v) is 74.8. The predicted molar refractivity (Wildman–Crippen MR) is 563 cm³/mol. The first kappa shape index (κ1) is 82.5. The molecule has 130 heavy (non-hydrogen) atoms. The van der Waals surface area contributed by atoms with E-state index in [2.05, 4.69) is 525 Å². The van der Waals surface area contributed by atoms with Crippen molar-refractivity contribution in [3.63, 3.8) is 0 Å². The molecule has 0 unspecified atom stereocenters. The average Bonchev–Trinajstić information content (AvgIpc) is 0.717. The summed E-state index contributed by atoms with van der Waals surface area (Å²) >= 11 is 0. The first-order valence-corrected chi connectivity index (χ1v) is 45.5. The molecule has 0 saturated carbocycles. The Bertz CT molecular complexity index is 7630. The topological polar surface area (TPSA) is 6.48 Å². The summed E-state index contributed by atoms with van der Waals surface area (Å²) in [7, 11) is 0. The van der Waals surface area contributed by atoms with Crippen LogP contribution >= 0.6 is 0 Å². The van der Waals surface area contributed by atoms with Crippen molar-refractivity contribution in [2.24, 2.45) is 0 Å². The van der Waals surface area contributed by atoms with Crippen LogP contribution in [0.2, 0.25) is 0 Å².